The van der Waals surface area contributed by atoms with Crippen LogP contribution in [0.15, 0.2) is 39.4 Å². The van der Waals surface area contributed by atoms with Crippen LogP contribution in [0.3, 0.4) is 0 Å². The summed E-state index contributed by atoms with van der Waals surface area (Å²) in [5.41, 5.74) is 4.99. The van der Waals surface area contributed by atoms with Crippen molar-refractivity contribution in [1.82, 2.24) is 30.1 Å². The van der Waals surface area contributed by atoms with E-state index in [1.165, 1.54) is 5.56 Å². The number of pyridine rings is 1. The normalized spacial score (nSPS) is 16.7. The van der Waals surface area contributed by atoms with Crippen molar-refractivity contribution >= 4 is 17.0 Å². The van der Waals surface area contributed by atoms with Crippen LogP contribution in [0, 0.1) is 13.8 Å². The topological polar surface area (TPSA) is 101 Å². The number of amides is 1. The zero-order valence-corrected chi connectivity index (χ0v) is 20.7. The molecule has 1 saturated heterocycles. The van der Waals surface area contributed by atoms with Gasteiger partial charge in [0.05, 0.1) is 16.6 Å². The molecule has 0 radical (unpaired) electrons. The van der Waals surface area contributed by atoms with Crippen molar-refractivity contribution < 1.29 is 13.8 Å². The van der Waals surface area contributed by atoms with Crippen LogP contribution >= 0.6 is 0 Å². The fourth-order valence-electron chi connectivity index (χ4n) is 4.85. The fraction of sp³-hybridized carbons (Fsp3) is 0.444. The molecule has 3 aromatic heterocycles. The van der Waals surface area contributed by atoms with E-state index in [9.17, 15) is 4.79 Å². The number of rotatable bonds is 7. The van der Waals surface area contributed by atoms with Crippen LogP contribution in [0.1, 0.15) is 58.4 Å². The van der Waals surface area contributed by atoms with E-state index >= 15 is 0 Å². The zero-order valence-electron chi connectivity index (χ0n) is 20.7. The largest absolute Gasteiger partial charge is 0.339 e. The van der Waals surface area contributed by atoms with Crippen molar-refractivity contribution in [3.05, 3.63) is 58.7 Å². The third-order valence-corrected chi connectivity index (χ3v) is 7.17. The average molecular weight is 487 g/mol. The highest BCUT2D eigenvalue weighted by Gasteiger charge is 2.30. The minimum Gasteiger partial charge on any atom is -0.339 e. The summed E-state index contributed by atoms with van der Waals surface area (Å²) in [6.07, 6.45) is 3.91. The predicted molar refractivity (Wildman–Crippen MR) is 134 cm³/mol. The van der Waals surface area contributed by atoms with E-state index in [-0.39, 0.29) is 5.91 Å². The molecule has 4 aromatic rings. The highest BCUT2D eigenvalue weighted by atomic mass is 16.5. The van der Waals surface area contributed by atoms with Gasteiger partial charge in [-0.1, -0.05) is 40.1 Å². The Morgan fingerprint density at radius 2 is 1.78 bits per heavy atom. The lowest BCUT2D eigenvalue weighted by atomic mass is 10.1. The Labute approximate surface area is 209 Å². The van der Waals surface area contributed by atoms with Crippen molar-refractivity contribution in [3.63, 3.8) is 0 Å². The average Bonchev–Trinajstić information content (AvgIpc) is 3.54. The summed E-state index contributed by atoms with van der Waals surface area (Å²) in [6, 6.07) is 10.1. The maximum absolute atomic E-state index is 13.5. The first-order chi connectivity index (χ1) is 17.5. The number of piperazine rings is 1. The number of aryl methyl sites for hydroxylation is 3. The van der Waals surface area contributed by atoms with Gasteiger partial charge >= 0.3 is 0 Å². The standard InChI is InChI=1S/C27H30N6O3/c1-17-5-7-20(8-6-17)25-29-23(35-31-25)4-3-11-32-12-14-33(15-13-32)27(34)21-16-22(19-9-10-19)28-26-24(21)18(2)30-36-26/h5-8,16,19H,3-4,9-15H2,1-2H3. The minimum absolute atomic E-state index is 0.0461. The quantitative estimate of drug-likeness (QED) is 0.384. The molecule has 9 nitrogen and oxygen atoms in total. The minimum atomic E-state index is 0.0461. The highest BCUT2D eigenvalue weighted by molar-refractivity contribution is 6.06. The SMILES string of the molecule is Cc1ccc(-c2noc(CCCN3CCN(C(=O)c4cc(C5CC5)nc5onc(C)c45)CC3)n2)cc1. The molecule has 0 spiro atoms. The molecule has 1 aromatic carbocycles. The maximum Gasteiger partial charge on any atom is 0.259 e. The molecular formula is C27H30N6O3. The van der Waals surface area contributed by atoms with Crippen LogP contribution in [0.5, 0.6) is 0 Å². The predicted octanol–water partition coefficient (Wildman–Crippen LogP) is 4.16. The number of carbonyl (C=O) groups is 1. The number of nitrogens with zero attached hydrogens (tertiary/aromatic N) is 6. The molecule has 1 amide bonds. The third-order valence-electron chi connectivity index (χ3n) is 7.17. The first kappa shape index (κ1) is 22.8. The van der Waals surface area contributed by atoms with Gasteiger partial charge in [0.2, 0.25) is 11.7 Å². The van der Waals surface area contributed by atoms with Crippen molar-refractivity contribution in [2.24, 2.45) is 0 Å². The Morgan fingerprint density at radius 1 is 1.00 bits per heavy atom. The maximum atomic E-state index is 13.5. The second kappa shape index (κ2) is 9.46. The molecule has 0 atom stereocenters. The molecule has 1 saturated carbocycles. The van der Waals surface area contributed by atoms with E-state index in [0.717, 1.165) is 62.0 Å². The summed E-state index contributed by atoms with van der Waals surface area (Å²) >= 11 is 0. The fourth-order valence-corrected chi connectivity index (χ4v) is 4.85. The van der Waals surface area contributed by atoms with E-state index in [1.807, 2.05) is 42.2 Å². The molecule has 36 heavy (non-hydrogen) atoms. The van der Waals surface area contributed by atoms with Gasteiger partial charge < -0.3 is 13.9 Å². The summed E-state index contributed by atoms with van der Waals surface area (Å²) in [5, 5.41) is 8.94. The molecule has 1 aliphatic carbocycles. The van der Waals surface area contributed by atoms with E-state index in [1.54, 1.807) is 0 Å². The summed E-state index contributed by atoms with van der Waals surface area (Å²) < 4.78 is 10.9. The van der Waals surface area contributed by atoms with E-state index in [0.29, 0.717) is 47.7 Å². The van der Waals surface area contributed by atoms with Gasteiger partial charge in [-0.15, -0.1) is 0 Å². The smallest absolute Gasteiger partial charge is 0.259 e. The Morgan fingerprint density at radius 3 is 2.53 bits per heavy atom. The van der Waals surface area contributed by atoms with E-state index in [4.69, 9.17) is 9.05 Å². The van der Waals surface area contributed by atoms with Crippen molar-refractivity contribution in [1.29, 1.82) is 0 Å². The van der Waals surface area contributed by atoms with Crippen LogP contribution in [-0.4, -0.2) is 68.7 Å². The summed E-state index contributed by atoms with van der Waals surface area (Å²) in [6.45, 7) is 7.94. The van der Waals surface area contributed by atoms with Crippen LogP contribution in [-0.2, 0) is 6.42 Å². The Bertz CT molecular complexity index is 1380. The molecule has 6 rings (SSSR count). The van der Waals surface area contributed by atoms with Crippen LogP contribution < -0.4 is 0 Å². The molecule has 186 valence electrons. The molecule has 0 N–H and O–H groups in total. The second-order valence-electron chi connectivity index (χ2n) is 9.93. The molecule has 0 unspecified atom stereocenters. The van der Waals surface area contributed by atoms with Crippen molar-refractivity contribution in [2.45, 2.75) is 45.4 Å². The number of hydrogen-bond donors (Lipinski definition) is 0. The Balaban J connectivity index is 1.03. The number of hydrogen-bond acceptors (Lipinski definition) is 8. The van der Waals surface area contributed by atoms with Gasteiger partial charge in [-0.2, -0.15) is 4.98 Å². The Hall–Kier alpha value is -3.59. The van der Waals surface area contributed by atoms with Gasteiger partial charge in [-0.25, -0.2) is 4.98 Å². The van der Waals surface area contributed by atoms with Gasteiger partial charge in [0.1, 0.15) is 0 Å². The van der Waals surface area contributed by atoms with Gasteiger partial charge in [-0.05, 0) is 45.7 Å². The Kier molecular flexibility index (Phi) is 6.00. The molecule has 0 bridgehead atoms. The van der Waals surface area contributed by atoms with Crippen LogP contribution in [0.25, 0.3) is 22.5 Å². The van der Waals surface area contributed by atoms with E-state index < -0.39 is 0 Å². The van der Waals surface area contributed by atoms with Gasteiger partial charge in [0.15, 0.2) is 0 Å². The lowest BCUT2D eigenvalue weighted by molar-refractivity contribution is 0.0637. The van der Waals surface area contributed by atoms with Gasteiger partial charge in [-0.3, -0.25) is 9.69 Å². The van der Waals surface area contributed by atoms with Gasteiger partial charge in [0, 0.05) is 49.8 Å². The molecule has 2 fully saturated rings. The number of benzene rings is 1. The summed E-state index contributed by atoms with van der Waals surface area (Å²) in [7, 11) is 0. The third kappa shape index (κ3) is 4.63. The lowest BCUT2D eigenvalue weighted by Crippen LogP contribution is -2.49. The van der Waals surface area contributed by atoms with Crippen molar-refractivity contribution in [3.8, 4) is 11.4 Å². The number of carbonyl (C=O) groups excluding carboxylic acids is 1. The summed E-state index contributed by atoms with van der Waals surface area (Å²) in [5.74, 6) is 1.78. The molecule has 1 aliphatic heterocycles. The molecule has 2 aliphatic rings. The number of aromatic nitrogens is 4. The molecular weight excluding hydrogens is 456 g/mol. The summed E-state index contributed by atoms with van der Waals surface area (Å²) in [4.78, 5) is 27.0. The highest BCUT2D eigenvalue weighted by Crippen LogP contribution is 2.40. The number of fused-ring (bicyclic) bond motifs is 1. The van der Waals surface area contributed by atoms with Crippen LogP contribution in [0.4, 0.5) is 0 Å². The zero-order chi connectivity index (χ0) is 24.6. The second-order valence-corrected chi connectivity index (χ2v) is 9.93. The van der Waals surface area contributed by atoms with Crippen molar-refractivity contribution in [2.75, 3.05) is 32.7 Å². The molecule has 9 heteroatoms. The lowest BCUT2D eigenvalue weighted by Gasteiger charge is -2.34. The molecule has 4 heterocycles. The van der Waals surface area contributed by atoms with Gasteiger partial charge in [0.25, 0.3) is 11.6 Å². The van der Waals surface area contributed by atoms with E-state index in [2.05, 4.69) is 32.1 Å². The monoisotopic (exact) mass is 486 g/mol. The first-order valence-corrected chi connectivity index (χ1v) is 12.7. The van der Waals surface area contributed by atoms with Crippen LogP contribution in [0.2, 0.25) is 0 Å². The first-order valence-electron chi connectivity index (χ1n) is 12.7.